The Morgan fingerprint density at radius 2 is 2.11 bits per heavy atom. The Hall–Kier alpha value is -0.940. The third-order valence-corrected chi connectivity index (χ3v) is 4.41. The van der Waals surface area contributed by atoms with Gasteiger partial charge in [0.05, 0.1) is 5.69 Å². The van der Waals surface area contributed by atoms with Crippen LogP contribution in [0.1, 0.15) is 25.8 Å². The maximum Gasteiger partial charge on any atom is 0.133 e. The van der Waals surface area contributed by atoms with Gasteiger partial charge < -0.3 is 5.32 Å². The van der Waals surface area contributed by atoms with Gasteiger partial charge in [0.25, 0.3) is 0 Å². The molecule has 0 bridgehead atoms. The maximum absolute atomic E-state index is 4.45. The van der Waals surface area contributed by atoms with Gasteiger partial charge in [0.2, 0.25) is 0 Å². The lowest BCUT2D eigenvalue weighted by Crippen LogP contribution is -2.07. The van der Waals surface area contributed by atoms with Gasteiger partial charge in [0.1, 0.15) is 12.1 Å². The first-order chi connectivity index (χ1) is 8.77. The molecule has 96 valence electrons. The van der Waals surface area contributed by atoms with Crippen molar-refractivity contribution in [3.05, 3.63) is 27.1 Å². The van der Waals surface area contributed by atoms with Gasteiger partial charge >= 0.3 is 0 Å². The summed E-state index contributed by atoms with van der Waals surface area (Å²) in [6.07, 6.45) is 3.64. The van der Waals surface area contributed by atoms with Crippen molar-refractivity contribution in [3.8, 4) is 11.3 Å². The van der Waals surface area contributed by atoms with Gasteiger partial charge in [0.15, 0.2) is 0 Å². The van der Waals surface area contributed by atoms with E-state index in [0.29, 0.717) is 0 Å². The van der Waals surface area contributed by atoms with Crippen molar-refractivity contribution in [1.29, 1.82) is 0 Å². The normalized spacial score (nSPS) is 10.6. The maximum atomic E-state index is 4.45. The molecule has 0 aliphatic heterocycles. The van der Waals surface area contributed by atoms with E-state index in [1.54, 1.807) is 17.7 Å². The van der Waals surface area contributed by atoms with Gasteiger partial charge in [-0.2, -0.15) is 11.3 Å². The van der Waals surface area contributed by atoms with Gasteiger partial charge in [-0.05, 0) is 28.8 Å². The molecule has 2 heterocycles. The van der Waals surface area contributed by atoms with Crippen LogP contribution in [-0.4, -0.2) is 16.5 Å². The van der Waals surface area contributed by atoms with Crippen molar-refractivity contribution >= 4 is 33.1 Å². The molecule has 0 amide bonds. The highest BCUT2D eigenvalue weighted by molar-refractivity contribution is 9.10. The van der Waals surface area contributed by atoms with Crippen LogP contribution in [0.15, 0.2) is 21.6 Å². The van der Waals surface area contributed by atoms with Crippen molar-refractivity contribution in [2.45, 2.75) is 26.7 Å². The average Bonchev–Trinajstić information content (AvgIpc) is 2.81. The zero-order chi connectivity index (χ0) is 13.0. The molecule has 0 atom stereocenters. The molecule has 0 aliphatic carbocycles. The predicted octanol–water partition coefficient (Wildman–Crippen LogP) is 4.35. The fourth-order valence-corrected chi connectivity index (χ4v) is 3.29. The second-order valence-electron chi connectivity index (χ2n) is 3.96. The molecule has 0 spiro atoms. The number of aromatic nitrogens is 2. The van der Waals surface area contributed by atoms with Gasteiger partial charge in [-0.3, -0.25) is 0 Å². The Balaban J connectivity index is 2.45. The Morgan fingerprint density at radius 3 is 2.72 bits per heavy atom. The molecule has 0 radical (unpaired) electrons. The molecular formula is C13H16BrN3S. The number of nitrogens with zero attached hydrogens (tertiary/aromatic N) is 2. The number of thiophene rings is 1. The number of nitrogens with one attached hydrogen (secondary N) is 1. The number of rotatable bonds is 5. The topological polar surface area (TPSA) is 37.8 Å². The fourth-order valence-electron chi connectivity index (χ4n) is 1.83. The molecule has 2 aromatic rings. The lowest BCUT2D eigenvalue weighted by atomic mass is 10.1. The van der Waals surface area contributed by atoms with Crippen LogP contribution in [-0.2, 0) is 6.42 Å². The Bertz CT molecular complexity index is 525. The van der Waals surface area contributed by atoms with Gasteiger partial charge in [0, 0.05) is 32.9 Å². The van der Waals surface area contributed by atoms with Gasteiger partial charge in [-0.15, -0.1) is 0 Å². The van der Waals surface area contributed by atoms with E-state index in [-0.39, 0.29) is 0 Å². The van der Waals surface area contributed by atoms with Crippen LogP contribution < -0.4 is 5.32 Å². The van der Waals surface area contributed by atoms with E-state index in [0.717, 1.165) is 40.9 Å². The number of hydrogen-bond acceptors (Lipinski definition) is 4. The number of hydrogen-bond donors (Lipinski definition) is 1. The minimum atomic E-state index is 0.921. The van der Waals surface area contributed by atoms with E-state index in [4.69, 9.17) is 0 Å². The summed E-state index contributed by atoms with van der Waals surface area (Å²) in [5.41, 5.74) is 3.36. The average molecular weight is 326 g/mol. The van der Waals surface area contributed by atoms with E-state index in [2.05, 4.69) is 55.8 Å². The number of anilines is 1. The van der Waals surface area contributed by atoms with Crippen molar-refractivity contribution in [1.82, 2.24) is 9.97 Å². The summed E-state index contributed by atoms with van der Waals surface area (Å²) < 4.78 is 1.10. The first-order valence-corrected chi connectivity index (χ1v) is 7.81. The summed E-state index contributed by atoms with van der Waals surface area (Å²) >= 11 is 5.25. The SMILES string of the molecule is CCCNc1ncnc(-c2cscc2Br)c1CC. The molecule has 3 nitrogen and oxygen atoms in total. The van der Waals surface area contributed by atoms with Crippen LogP contribution in [0.25, 0.3) is 11.3 Å². The quantitative estimate of drug-likeness (QED) is 0.887. The molecule has 0 fully saturated rings. The highest BCUT2D eigenvalue weighted by Gasteiger charge is 2.14. The third kappa shape index (κ3) is 2.72. The van der Waals surface area contributed by atoms with Gasteiger partial charge in [-0.1, -0.05) is 13.8 Å². The number of halogens is 1. The minimum Gasteiger partial charge on any atom is -0.370 e. The molecular weight excluding hydrogens is 310 g/mol. The molecule has 0 unspecified atom stereocenters. The van der Waals surface area contributed by atoms with E-state index >= 15 is 0 Å². The largest absolute Gasteiger partial charge is 0.370 e. The van der Waals surface area contributed by atoms with E-state index in [1.807, 2.05) is 0 Å². The molecule has 2 aromatic heterocycles. The molecule has 0 aliphatic rings. The molecule has 0 saturated carbocycles. The Labute approximate surface area is 120 Å². The summed E-state index contributed by atoms with van der Waals surface area (Å²) in [6.45, 7) is 5.23. The first kappa shape index (κ1) is 13.5. The highest BCUT2D eigenvalue weighted by Crippen LogP contribution is 2.34. The van der Waals surface area contributed by atoms with Crippen LogP contribution in [0.5, 0.6) is 0 Å². The molecule has 0 saturated heterocycles. The monoisotopic (exact) mass is 325 g/mol. The van der Waals surface area contributed by atoms with Crippen molar-refractivity contribution < 1.29 is 0 Å². The summed E-state index contributed by atoms with van der Waals surface area (Å²) in [6, 6.07) is 0. The van der Waals surface area contributed by atoms with Crippen LogP contribution in [0.4, 0.5) is 5.82 Å². The minimum absolute atomic E-state index is 0.921. The smallest absolute Gasteiger partial charge is 0.133 e. The Morgan fingerprint density at radius 1 is 1.28 bits per heavy atom. The molecule has 18 heavy (non-hydrogen) atoms. The Kier molecular flexibility index (Phi) is 4.72. The molecule has 2 rings (SSSR count). The summed E-state index contributed by atoms with van der Waals surface area (Å²) in [7, 11) is 0. The lowest BCUT2D eigenvalue weighted by molar-refractivity contribution is 0.949. The second-order valence-corrected chi connectivity index (χ2v) is 5.56. The van der Waals surface area contributed by atoms with E-state index in [9.17, 15) is 0 Å². The van der Waals surface area contributed by atoms with Crippen LogP contribution >= 0.6 is 27.3 Å². The van der Waals surface area contributed by atoms with Crippen LogP contribution in [0.3, 0.4) is 0 Å². The zero-order valence-electron chi connectivity index (χ0n) is 10.5. The summed E-state index contributed by atoms with van der Waals surface area (Å²) in [5.74, 6) is 0.961. The van der Waals surface area contributed by atoms with Crippen LogP contribution in [0, 0.1) is 0 Å². The predicted molar refractivity (Wildman–Crippen MR) is 81.2 cm³/mol. The second kappa shape index (κ2) is 6.29. The fraction of sp³-hybridized carbons (Fsp3) is 0.385. The van der Waals surface area contributed by atoms with Crippen molar-refractivity contribution in [2.75, 3.05) is 11.9 Å². The van der Waals surface area contributed by atoms with E-state index in [1.165, 1.54) is 5.56 Å². The third-order valence-electron chi connectivity index (χ3n) is 2.71. The lowest BCUT2D eigenvalue weighted by Gasteiger charge is -2.12. The molecule has 5 heteroatoms. The summed E-state index contributed by atoms with van der Waals surface area (Å²) in [4.78, 5) is 8.80. The standard InChI is InChI=1S/C13H16BrN3S/c1-3-5-15-13-9(4-2)12(16-8-17-13)10-6-18-7-11(10)14/h6-8H,3-5H2,1-2H3,(H,15,16,17). The first-order valence-electron chi connectivity index (χ1n) is 6.07. The van der Waals surface area contributed by atoms with Crippen LogP contribution in [0.2, 0.25) is 0 Å². The highest BCUT2D eigenvalue weighted by atomic mass is 79.9. The molecule has 1 N–H and O–H groups in total. The van der Waals surface area contributed by atoms with Crippen molar-refractivity contribution in [3.63, 3.8) is 0 Å². The summed E-state index contributed by atoms with van der Waals surface area (Å²) in [5, 5.41) is 7.57. The van der Waals surface area contributed by atoms with Crippen molar-refractivity contribution in [2.24, 2.45) is 0 Å². The molecule has 0 aromatic carbocycles. The van der Waals surface area contributed by atoms with E-state index < -0.39 is 0 Å². The zero-order valence-corrected chi connectivity index (χ0v) is 12.9. The van der Waals surface area contributed by atoms with Gasteiger partial charge in [-0.25, -0.2) is 9.97 Å².